The van der Waals surface area contributed by atoms with Gasteiger partial charge in [-0.2, -0.15) is 0 Å². The van der Waals surface area contributed by atoms with Crippen LogP contribution in [0.2, 0.25) is 10.0 Å². The van der Waals surface area contributed by atoms with Crippen molar-refractivity contribution in [3.05, 3.63) is 27.4 Å². The van der Waals surface area contributed by atoms with E-state index in [2.05, 4.69) is 4.98 Å². The van der Waals surface area contributed by atoms with Gasteiger partial charge in [-0.05, 0) is 18.9 Å². The predicted octanol–water partition coefficient (Wildman–Crippen LogP) is 4.43. The summed E-state index contributed by atoms with van der Waals surface area (Å²) in [6, 6.07) is 1.70. The quantitative estimate of drug-likeness (QED) is 0.840. The Kier molecular flexibility index (Phi) is 4.07. The first-order valence-corrected chi connectivity index (χ1v) is 6.69. The summed E-state index contributed by atoms with van der Waals surface area (Å²) in [7, 11) is 3.14. The highest BCUT2D eigenvalue weighted by Crippen LogP contribution is 2.43. The molecule has 0 aliphatic carbocycles. The second-order valence-corrected chi connectivity index (χ2v) is 4.95. The van der Waals surface area contributed by atoms with Crippen LogP contribution < -0.4 is 9.47 Å². The van der Waals surface area contributed by atoms with Crippen molar-refractivity contribution in [1.82, 2.24) is 4.98 Å². The number of pyridine rings is 1. The molecule has 102 valence electrons. The van der Waals surface area contributed by atoms with Crippen molar-refractivity contribution in [3.8, 4) is 11.5 Å². The SMILES string of the molecule is CCc1nc2c(OC)cc(Cl)c(OC)c2c(Cl)c1C. The van der Waals surface area contributed by atoms with Gasteiger partial charge in [-0.25, -0.2) is 4.98 Å². The minimum atomic E-state index is 0.458. The Hall–Kier alpha value is -1.19. The number of methoxy groups -OCH3 is 2. The number of halogens is 2. The van der Waals surface area contributed by atoms with E-state index >= 15 is 0 Å². The Labute approximate surface area is 122 Å². The highest BCUT2D eigenvalue weighted by atomic mass is 35.5. The molecule has 1 heterocycles. The Morgan fingerprint density at radius 2 is 1.89 bits per heavy atom. The third kappa shape index (κ3) is 2.21. The molecule has 0 radical (unpaired) electrons. The first-order valence-electron chi connectivity index (χ1n) is 5.94. The van der Waals surface area contributed by atoms with Crippen molar-refractivity contribution < 1.29 is 9.47 Å². The zero-order chi connectivity index (χ0) is 14.2. The number of benzene rings is 1. The molecule has 2 rings (SSSR count). The summed E-state index contributed by atoms with van der Waals surface area (Å²) < 4.78 is 10.7. The van der Waals surface area contributed by atoms with Crippen LogP contribution >= 0.6 is 23.2 Å². The minimum absolute atomic E-state index is 0.458. The van der Waals surface area contributed by atoms with Gasteiger partial charge in [-0.1, -0.05) is 30.1 Å². The second-order valence-electron chi connectivity index (χ2n) is 4.17. The van der Waals surface area contributed by atoms with Crippen molar-refractivity contribution >= 4 is 34.1 Å². The van der Waals surface area contributed by atoms with Crippen molar-refractivity contribution in [2.24, 2.45) is 0 Å². The Bertz CT molecular complexity index is 641. The van der Waals surface area contributed by atoms with Gasteiger partial charge in [0, 0.05) is 11.8 Å². The summed E-state index contributed by atoms with van der Waals surface area (Å²) in [5.41, 5.74) is 2.57. The molecule has 19 heavy (non-hydrogen) atoms. The van der Waals surface area contributed by atoms with Crippen LogP contribution in [0.15, 0.2) is 6.07 Å². The number of ether oxygens (including phenoxy) is 2. The summed E-state index contributed by atoms with van der Waals surface area (Å²) in [5.74, 6) is 1.12. The Morgan fingerprint density at radius 1 is 1.21 bits per heavy atom. The van der Waals surface area contributed by atoms with E-state index in [1.165, 1.54) is 0 Å². The molecule has 5 heteroatoms. The standard InChI is InChI=1S/C14H15Cl2NO2/c1-5-9-7(2)12(16)11-13(17-9)10(18-3)6-8(15)14(11)19-4/h6H,5H2,1-4H3. The molecular weight excluding hydrogens is 285 g/mol. The van der Waals surface area contributed by atoms with Crippen LogP contribution in [0, 0.1) is 6.92 Å². The maximum absolute atomic E-state index is 6.46. The molecule has 0 fully saturated rings. The number of hydrogen-bond donors (Lipinski definition) is 0. The van der Waals surface area contributed by atoms with E-state index in [-0.39, 0.29) is 0 Å². The summed E-state index contributed by atoms with van der Waals surface area (Å²) in [4.78, 5) is 4.63. The van der Waals surface area contributed by atoms with E-state index in [9.17, 15) is 0 Å². The number of aromatic nitrogens is 1. The molecule has 0 N–H and O–H groups in total. The number of rotatable bonds is 3. The summed E-state index contributed by atoms with van der Waals surface area (Å²) in [6.45, 7) is 3.98. The molecule has 2 aromatic rings. The lowest BCUT2D eigenvalue weighted by atomic mass is 10.1. The van der Waals surface area contributed by atoms with Gasteiger partial charge in [-0.15, -0.1) is 0 Å². The molecular formula is C14H15Cl2NO2. The molecule has 0 saturated carbocycles. The average Bonchev–Trinajstić information content (AvgIpc) is 2.42. The van der Waals surface area contributed by atoms with Crippen LogP contribution in [0.5, 0.6) is 11.5 Å². The first kappa shape index (κ1) is 14.2. The largest absolute Gasteiger partial charge is 0.494 e. The fraction of sp³-hybridized carbons (Fsp3) is 0.357. The van der Waals surface area contributed by atoms with Crippen LogP contribution in [-0.4, -0.2) is 19.2 Å². The van der Waals surface area contributed by atoms with E-state index < -0.39 is 0 Å². The van der Waals surface area contributed by atoms with Crippen LogP contribution in [0.3, 0.4) is 0 Å². The van der Waals surface area contributed by atoms with E-state index in [1.807, 2.05) is 13.8 Å². The van der Waals surface area contributed by atoms with Crippen molar-refractivity contribution in [3.63, 3.8) is 0 Å². The van der Waals surface area contributed by atoms with Gasteiger partial charge < -0.3 is 9.47 Å². The third-order valence-electron chi connectivity index (χ3n) is 3.16. The predicted molar refractivity (Wildman–Crippen MR) is 79.0 cm³/mol. The lowest BCUT2D eigenvalue weighted by Gasteiger charge is -2.15. The van der Waals surface area contributed by atoms with Gasteiger partial charge in [0.1, 0.15) is 17.0 Å². The molecule has 0 aliphatic rings. The maximum atomic E-state index is 6.46. The van der Waals surface area contributed by atoms with Crippen molar-refractivity contribution in [1.29, 1.82) is 0 Å². The van der Waals surface area contributed by atoms with Gasteiger partial charge in [-0.3, -0.25) is 0 Å². The van der Waals surface area contributed by atoms with Gasteiger partial charge in [0.2, 0.25) is 0 Å². The summed E-state index contributed by atoms with van der Waals surface area (Å²) in [5, 5.41) is 1.77. The topological polar surface area (TPSA) is 31.4 Å². The summed E-state index contributed by atoms with van der Waals surface area (Å²) >= 11 is 12.7. The van der Waals surface area contributed by atoms with Crippen LogP contribution in [0.4, 0.5) is 0 Å². The fourth-order valence-corrected chi connectivity index (χ4v) is 2.70. The van der Waals surface area contributed by atoms with Crippen molar-refractivity contribution in [2.45, 2.75) is 20.3 Å². The smallest absolute Gasteiger partial charge is 0.148 e. The molecule has 0 aliphatic heterocycles. The number of hydrogen-bond acceptors (Lipinski definition) is 3. The normalized spacial score (nSPS) is 10.8. The lowest BCUT2D eigenvalue weighted by molar-refractivity contribution is 0.410. The first-order chi connectivity index (χ1) is 9.04. The Morgan fingerprint density at radius 3 is 2.42 bits per heavy atom. The van der Waals surface area contributed by atoms with Gasteiger partial charge in [0.15, 0.2) is 0 Å². The lowest BCUT2D eigenvalue weighted by Crippen LogP contribution is -1.99. The maximum Gasteiger partial charge on any atom is 0.148 e. The van der Waals surface area contributed by atoms with Gasteiger partial charge >= 0.3 is 0 Å². The average molecular weight is 300 g/mol. The van der Waals surface area contributed by atoms with Crippen LogP contribution in [0.1, 0.15) is 18.2 Å². The van der Waals surface area contributed by atoms with Crippen molar-refractivity contribution in [2.75, 3.05) is 14.2 Å². The number of fused-ring (bicyclic) bond motifs is 1. The fourth-order valence-electron chi connectivity index (χ4n) is 2.15. The molecule has 1 aromatic heterocycles. The highest BCUT2D eigenvalue weighted by molar-refractivity contribution is 6.39. The molecule has 0 bridgehead atoms. The third-order valence-corrected chi connectivity index (χ3v) is 3.91. The van der Waals surface area contributed by atoms with Crippen LogP contribution in [-0.2, 0) is 6.42 Å². The molecule has 0 spiro atoms. The second kappa shape index (κ2) is 5.43. The molecule has 3 nitrogen and oxygen atoms in total. The number of nitrogens with zero attached hydrogens (tertiary/aromatic N) is 1. The molecule has 1 aromatic carbocycles. The zero-order valence-electron chi connectivity index (χ0n) is 11.3. The molecule has 0 unspecified atom stereocenters. The summed E-state index contributed by atoms with van der Waals surface area (Å²) in [6.07, 6.45) is 0.801. The monoisotopic (exact) mass is 299 g/mol. The molecule has 0 saturated heterocycles. The zero-order valence-corrected chi connectivity index (χ0v) is 12.8. The van der Waals surface area contributed by atoms with Crippen LogP contribution in [0.25, 0.3) is 10.9 Å². The van der Waals surface area contributed by atoms with Gasteiger partial charge in [0.25, 0.3) is 0 Å². The molecule has 0 amide bonds. The number of aryl methyl sites for hydroxylation is 1. The minimum Gasteiger partial charge on any atom is -0.494 e. The Balaban J connectivity index is 3.00. The van der Waals surface area contributed by atoms with E-state index in [0.29, 0.717) is 32.4 Å². The van der Waals surface area contributed by atoms with Gasteiger partial charge in [0.05, 0.1) is 29.7 Å². The van der Waals surface area contributed by atoms with E-state index in [0.717, 1.165) is 17.7 Å². The highest BCUT2D eigenvalue weighted by Gasteiger charge is 2.19. The molecule has 0 atom stereocenters. The van der Waals surface area contributed by atoms with E-state index in [1.54, 1.807) is 20.3 Å². The van der Waals surface area contributed by atoms with E-state index in [4.69, 9.17) is 32.7 Å².